The Morgan fingerprint density at radius 1 is 1.15 bits per heavy atom. The van der Waals surface area contributed by atoms with Crippen molar-refractivity contribution in [3.8, 4) is 0 Å². The first-order chi connectivity index (χ1) is 5.37. The van der Waals surface area contributed by atoms with Crippen LogP contribution in [0.2, 0.25) is 0 Å². The SMILES string of the molecule is C.CCC(=O)CC(C)(C)CC(C)=O. The Morgan fingerprint density at radius 2 is 1.62 bits per heavy atom. The third kappa shape index (κ3) is 7.69. The van der Waals surface area contributed by atoms with Crippen molar-refractivity contribution in [3.63, 3.8) is 0 Å². The molecule has 0 saturated heterocycles. The van der Waals surface area contributed by atoms with Gasteiger partial charge >= 0.3 is 0 Å². The highest BCUT2D eigenvalue weighted by molar-refractivity contribution is 5.81. The molecule has 2 nitrogen and oxygen atoms in total. The van der Waals surface area contributed by atoms with Crippen molar-refractivity contribution in [3.05, 3.63) is 0 Å². The topological polar surface area (TPSA) is 34.1 Å². The molecule has 2 heteroatoms. The standard InChI is InChI=1S/C10H18O2.CH4/c1-5-9(12)7-10(3,4)6-8(2)11;/h5-7H2,1-4H3;1H4. The summed E-state index contributed by atoms with van der Waals surface area (Å²) >= 11 is 0. The van der Waals surface area contributed by atoms with E-state index in [-0.39, 0.29) is 24.4 Å². The second kappa shape index (κ2) is 5.90. The minimum atomic E-state index is -0.154. The molecule has 0 unspecified atom stereocenters. The zero-order valence-corrected chi connectivity index (χ0v) is 8.44. The molecule has 0 amide bonds. The fourth-order valence-corrected chi connectivity index (χ4v) is 1.40. The molecule has 13 heavy (non-hydrogen) atoms. The molecule has 0 N–H and O–H groups in total. The molecule has 0 aromatic heterocycles. The normalized spacial score (nSPS) is 10.5. The van der Waals surface area contributed by atoms with Gasteiger partial charge in [-0.1, -0.05) is 28.2 Å². The Morgan fingerprint density at radius 3 is 1.92 bits per heavy atom. The molecule has 0 atom stereocenters. The van der Waals surface area contributed by atoms with E-state index in [9.17, 15) is 9.59 Å². The Bertz CT molecular complexity index is 181. The van der Waals surface area contributed by atoms with Crippen molar-refractivity contribution in [2.45, 2.75) is 54.4 Å². The van der Waals surface area contributed by atoms with Crippen molar-refractivity contribution >= 4 is 11.6 Å². The van der Waals surface area contributed by atoms with Gasteiger partial charge in [0.1, 0.15) is 11.6 Å². The number of rotatable bonds is 5. The summed E-state index contributed by atoms with van der Waals surface area (Å²) in [5, 5.41) is 0. The maximum absolute atomic E-state index is 11.1. The van der Waals surface area contributed by atoms with Gasteiger partial charge in [-0.15, -0.1) is 0 Å². The molecule has 0 bridgehead atoms. The first-order valence-corrected chi connectivity index (χ1v) is 4.38. The molecule has 0 heterocycles. The summed E-state index contributed by atoms with van der Waals surface area (Å²) in [7, 11) is 0. The van der Waals surface area contributed by atoms with Gasteiger partial charge in [-0.05, 0) is 12.3 Å². The summed E-state index contributed by atoms with van der Waals surface area (Å²) in [6, 6.07) is 0. The van der Waals surface area contributed by atoms with Crippen molar-refractivity contribution in [1.29, 1.82) is 0 Å². The van der Waals surface area contributed by atoms with Crippen LogP contribution in [0.1, 0.15) is 54.4 Å². The molecule has 0 spiro atoms. The van der Waals surface area contributed by atoms with E-state index in [1.807, 2.05) is 20.8 Å². The van der Waals surface area contributed by atoms with Crippen LogP contribution in [0.4, 0.5) is 0 Å². The van der Waals surface area contributed by atoms with Gasteiger partial charge in [-0.2, -0.15) is 0 Å². The minimum Gasteiger partial charge on any atom is -0.300 e. The van der Waals surface area contributed by atoms with Crippen LogP contribution in [-0.4, -0.2) is 11.6 Å². The molecule has 78 valence electrons. The summed E-state index contributed by atoms with van der Waals surface area (Å²) in [5.74, 6) is 0.394. The smallest absolute Gasteiger partial charge is 0.133 e. The molecule has 0 aromatic rings. The molecule has 0 rings (SSSR count). The largest absolute Gasteiger partial charge is 0.300 e. The van der Waals surface area contributed by atoms with Crippen LogP contribution >= 0.6 is 0 Å². The number of hydrogen-bond acceptors (Lipinski definition) is 2. The lowest BCUT2D eigenvalue weighted by Crippen LogP contribution is -2.19. The highest BCUT2D eigenvalue weighted by atomic mass is 16.1. The molecular weight excluding hydrogens is 164 g/mol. The van der Waals surface area contributed by atoms with Crippen LogP contribution in [0, 0.1) is 5.41 Å². The second-order valence-electron chi connectivity index (χ2n) is 4.11. The van der Waals surface area contributed by atoms with E-state index in [0.29, 0.717) is 19.3 Å². The lowest BCUT2D eigenvalue weighted by atomic mass is 9.82. The number of Topliss-reactive ketones (excluding diaryl/α,β-unsaturated/α-hetero) is 2. The van der Waals surface area contributed by atoms with E-state index in [0.717, 1.165) is 0 Å². The molecule has 0 saturated carbocycles. The Balaban J connectivity index is 0. The maximum Gasteiger partial charge on any atom is 0.133 e. The third-order valence-corrected chi connectivity index (χ3v) is 1.80. The van der Waals surface area contributed by atoms with Crippen molar-refractivity contribution in [2.75, 3.05) is 0 Å². The van der Waals surface area contributed by atoms with E-state index < -0.39 is 0 Å². The number of ketones is 2. The lowest BCUT2D eigenvalue weighted by Gasteiger charge is -2.21. The van der Waals surface area contributed by atoms with E-state index >= 15 is 0 Å². The highest BCUT2D eigenvalue weighted by Crippen LogP contribution is 2.25. The van der Waals surface area contributed by atoms with Gasteiger partial charge in [-0.3, -0.25) is 4.79 Å². The summed E-state index contributed by atoms with van der Waals surface area (Å²) in [5.41, 5.74) is -0.154. The van der Waals surface area contributed by atoms with Crippen molar-refractivity contribution < 1.29 is 9.59 Å². The van der Waals surface area contributed by atoms with Gasteiger partial charge in [0.25, 0.3) is 0 Å². The molecule has 0 aliphatic heterocycles. The van der Waals surface area contributed by atoms with Gasteiger partial charge in [0.05, 0.1) is 0 Å². The van der Waals surface area contributed by atoms with Crippen LogP contribution in [0.3, 0.4) is 0 Å². The quantitative estimate of drug-likeness (QED) is 0.661. The first-order valence-electron chi connectivity index (χ1n) is 4.38. The van der Waals surface area contributed by atoms with Gasteiger partial charge < -0.3 is 4.79 Å². The highest BCUT2D eigenvalue weighted by Gasteiger charge is 2.22. The first kappa shape index (κ1) is 14.8. The average Bonchev–Trinajstić information content (AvgIpc) is 1.83. The third-order valence-electron chi connectivity index (χ3n) is 1.80. The lowest BCUT2D eigenvalue weighted by molar-refractivity contribution is -0.122. The van der Waals surface area contributed by atoms with Gasteiger partial charge in [0, 0.05) is 19.3 Å². The molecule has 0 radical (unpaired) electrons. The fraction of sp³-hybridized carbons (Fsp3) is 0.818. The summed E-state index contributed by atoms with van der Waals surface area (Å²) in [4.78, 5) is 21.9. The van der Waals surface area contributed by atoms with E-state index in [2.05, 4.69) is 0 Å². The average molecular weight is 186 g/mol. The number of carbonyl (C=O) groups excluding carboxylic acids is 2. The van der Waals surface area contributed by atoms with Gasteiger partial charge in [0.15, 0.2) is 0 Å². The predicted octanol–water partition coefficient (Wildman–Crippen LogP) is 3.00. The van der Waals surface area contributed by atoms with E-state index in [4.69, 9.17) is 0 Å². The van der Waals surface area contributed by atoms with Crippen LogP contribution in [0.25, 0.3) is 0 Å². The molecular formula is C11H22O2. The summed E-state index contributed by atoms with van der Waals surface area (Å²) in [6.07, 6.45) is 1.59. The Labute approximate surface area is 81.7 Å². The predicted molar refractivity (Wildman–Crippen MR) is 55.7 cm³/mol. The Kier molecular flexibility index (Phi) is 6.73. The summed E-state index contributed by atoms with van der Waals surface area (Å²) < 4.78 is 0. The van der Waals surface area contributed by atoms with Crippen LogP contribution in [0.5, 0.6) is 0 Å². The monoisotopic (exact) mass is 186 g/mol. The van der Waals surface area contributed by atoms with Crippen LogP contribution in [0.15, 0.2) is 0 Å². The molecule has 0 aliphatic rings. The fourth-order valence-electron chi connectivity index (χ4n) is 1.40. The number of carbonyl (C=O) groups is 2. The van der Waals surface area contributed by atoms with Crippen molar-refractivity contribution in [1.82, 2.24) is 0 Å². The van der Waals surface area contributed by atoms with E-state index in [1.165, 1.54) is 0 Å². The summed E-state index contributed by atoms with van der Waals surface area (Å²) in [6.45, 7) is 7.34. The molecule has 0 aromatic carbocycles. The second-order valence-corrected chi connectivity index (χ2v) is 4.11. The maximum atomic E-state index is 11.1. The van der Waals surface area contributed by atoms with Crippen LogP contribution < -0.4 is 0 Å². The minimum absolute atomic E-state index is 0. The zero-order chi connectivity index (χ0) is 9.78. The zero-order valence-electron chi connectivity index (χ0n) is 8.44. The van der Waals surface area contributed by atoms with Gasteiger partial charge in [-0.25, -0.2) is 0 Å². The Hall–Kier alpha value is -0.660. The van der Waals surface area contributed by atoms with E-state index in [1.54, 1.807) is 6.92 Å². The van der Waals surface area contributed by atoms with Crippen molar-refractivity contribution in [2.24, 2.45) is 5.41 Å². The molecule has 0 aliphatic carbocycles. The van der Waals surface area contributed by atoms with Gasteiger partial charge in [0.2, 0.25) is 0 Å². The van der Waals surface area contributed by atoms with Crippen LogP contribution in [-0.2, 0) is 9.59 Å². The number of hydrogen-bond donors (Lipinski definition) is 0. The molecule has 0 fully saturated rings.